The number of sulfonamides is 1. The lowest BCUT2D eigenvalue weighted by molar-refractivity contribution is -0.137. The Balaban J connectivity index is 1.72. The van der Waals surface area contributed by atoms with Gasteiger partial charge < -0.3 is 24.3 Å². The van der Waals surface area contributed by atoms with Crippen molar-refractivity contribution in [2.45, 2.75) is 24.3 Å². The summed E-state index contributed by atoms with van der Waals surface area (Å²) in [5.41, 5.74) is -0.821. The van der Waals surface area contributed by atoms with Crippen LogP contribution in [0, 0.1) is 0 Å². The Morgan fingerprint density at radius 2 is 1.41 bits per heavy atom. The van der Waals surface area contributed by atoms with Crippen molar-refractivity contribution in [2.24, 2.45) is 0 Å². The van der Waals surface area contributed by atoms with Crippen molar-refractivity contribution in [3.63, 3.8) is 0 Å². The molecule has 1 amide bonds. The molecule has 4 rings (SSSR count). The number of pyridine rings is 2. The lowest BCUT2D eigenvalue weighted by Crippen LogP contribution is -2.31. The number of ether oxygens (including phenoxy) is 4. The Morgan fingerprint density at radius 1 is 0.848 bits per heavy atom. The minimum atomic E-state index is -4.77. The highest BCUT2D eigenvalue weighted by Gasteiger charge is 2.33. The summed E-state index contributed by atoms with van der Waals surface area (Å²) in [6, 6.07) is 12.7. The van der Waals surface area contributed by atoms with Crippen molar-refractivity contribution in [3.05, 3.63) is 94.4 Å². The maximum atomic E-state index is 14.2. The number of amides is 1. The van der Waals surface area contributed by atoms with Crippen molar-refractivity contribution in [2.75, 3.05) is 33.8 Å². The second-order valence-corrected chi connectivity index (χ2v) is 11.8. The lowest BCUT2D eigenvalue weighted by Gasteiger charge is -2.24. The fourth-order valence-electron chi connectivity index (χ4n) is 4.29. The predicted octanol–water partition coefficient (Wildman–Crippen LogP) is 5.83. The topological polar surface area (TPSA) is 129 Å². The summed E-state index contributed by atoms with van der Waals surface area (Å²) < 4.78 is 90.6. The molecule has 11 nitrogen and oxygen atoms in total. The van der Waals surface area contributed by atoms with Crippen LogP contribution in [0.15, 0.2) is 72.0 Å². The first kappa shape index (κ1) is 34.3. The third kappa shape index (κ3) is 7.78. The van der Waals surface area contributed by atoms with Gasteiger partial charge in [0.25, 0.3) is 15.9 Å². The van der Waals surface area contributed by atoms with E-state index in [4.69, 9.17) is 30.5 Å². The van der Waals surface area contributed by atoms with Gasteiger partial charge in [-0.1, -0.05) is 23.7 Å². The van der Waals surface area contributed by atoms with E-state index in [2.05, 4.69) is 15.3 Å². The molecule has 0 bridgehead atoms. The summed E-state index contributed by atoms with van der Waals surface area (Å²) in [4.78, 5) is 20.4. The van der Waals surface area contributed by atoms with E-state index >= 15 is 0 Å². The monoisotopic (exact) mass is 680 g/mol. The number of methoxy groups -OCH3 is 4. The molecule has 46 heavy (non-hydrogen) atoms. The van der Waals surface area contributed by atoms with Crippen LogP contribution in [0.25, 0.3) is 0 Å². The summed E-state index contributed by atoms with van der Waals surface area (Å²) in [6.45, 7) is -0.372. The van der Waals surface area contributed by atoms with Gasteiger partial charge >= 0.3 is 6.18 Å². The molecule has 0 spiro atoms. The maximum Gasteiger partial charge on any atom is 0.417 e. The van der Waals surface area contributed by atoms with Gasteiger partial charge in [0.15, 0.2) is 5.03 Å². The molecule has 2 heterocycles. The Labute approximate surface area is 267 Å². The largest absolute Gasteiger partial charge is 0.497 e. The minimum absolute atomic E-state index is 0.0731. The van der Waals surface area contributed by atoms with Crippen LogP contribution < -0.4 is 24.3 Å². The summed E-state index contributed by atoms with van der Waals surface area (Å²) >= 11 is 5.90. The van der Waals surface area contributed by atoms with Crippen LogP contribution in [0.2, 0.25) is 5.15 Å². The zero-order chi connectivity index (χ0) is 33.6. The van der Waals surface area contributed by atoms with Crippen molar-refractivity contribution in [1.82, 2.24) is 14.3 Å². The third-order valence-corrected chi connectivity index (χ3v) is 8.68. The SMILES string of the molecule is COc1ccc(CN(Cc2ccc(OC)cc2OC)S(=O)(=O)c2cc(NC(=O)c3cc(C(F)(F)F)cnc3Cl)ccn2)c(OC)c1. The number of aromatic nitrogens is 2. The van der Waals surface area contributed by atoms with Crippen molar-refractivity contribution in [3.8, 4) is 23.0 Å². The van der Waals surface area contributed by atoms with Gasteiger partial charge in [0.05, 0.1) is 39.6 Å². The van der Waals surface area contributed by atoms with Gasteiger partial charge in [0.2, 0.25) is 0 Å². The molecule has 0 atom stereocenters. The molecule has 0 aliphatic carbocycles. The van der Waals surface area contributed by atoms with E-state index in [-0.39, 0.29) is 18.8 Å². The molecule has 1 N–H and O–H groups in total. The predicted molar refractivity (Wildman–Crippen MR) is 162 cm³/mol. The minimum Gasteiger partial charge on any atom is -0.497 e. The maximum absolute atomic E-state index is 14.2. The van der Waals surface area contributed by atoms with Crippen molar-refractivity contribution < 1.29 is 45.3 Å². The van der Waals surface area contributed by atoms with Crippen LogP contribution in [0.5, 0.6) is 23.0 Å². The Hall–Kier alpha value is -4.60. The molecule has 2 aromatic heterocycles. The first-order valence-corrected chi connectivity index (χ1v) is 15.0. The van der Waals surface area contributed by atoms with Gasteiger partial charge in [0, 0.05) is 60.5 Å². The van der Waals surface area contributed by atoms with E-state index < -0.39 is 43.4 Å². The average molecular weight is 681 g/mol. The molecule has 2 aromatic carbocycles. The van der Waals surface area contributed by atoms with Gasteiger partial charge in [-0.3, -0.25) is 4.79 Å². The van der Waals surface area contributed by atoms with Gasteiger partial charge in [-0.25, -0.2) is 18.4 Å². The number of anilines is 1. The van der Waals surface area contributed by atoms with E-state index in [0.29, 0.717) is 46.4 Å². The quantitative estimate of drug-likeness (QED) is 0.184. The van der Waals surface area contributed by atoms with Crippen LogP contribution in [-0.2, 0) is 29.3 Å². The number of benzene rings is 2. The number of nitrogens with one attached hydrogen (secondary N) is 1. The number of rotatable bonds is 12. The molecule has 0 saturated heterocycles. The summed E-state index contributed by atoms with van der Waals surface area (Å²) in [7, 11) is 1.41. The fourth-order valence-corrected chi connectivity index (χ4v) is 5.83. The molecular formula is C30H28ClF3N4O7S. The van der Waals surface area contributed by atoms with E-state index in [9.17, 15) is 26.4 Å². The molecule has 4 aromatic rings. The van der Waals surface area contributed by atoms with Crippen LogP contribution in [0.1, 0.15) is 27.0 Å². The molecule has 0 radical (unpaired) electrons. The van der Waals surface area contributed by atoms with E-state index in [1.54, 1.807) is 36.4 Å². The lowest BCUT2D eigenvalue weighted by atomic mass is 10.1. The molecule has 0 aliphatic rings. The Morgan fingerprint density at radius 3 is 1.91 bits per heavy atom. The normalized spacial score (nSPS) is 11.7. The molecule has 244 valence electrons. The van der Waals surface area contributed by atoms with Gasteiger partial charge in [0.1, 0.15) is 28.2 Å². The van der Waals surface area contributed by atoms with E-state index in [1.165, 1.54) is 34.5 Å². The fraction of sp³-hybridized carbons (Fsp3) is 0.233. The molecular weight excluding hydrogens is 653 g/mol. The number of hydrogen-bond acceptors (Lipinski definition) is 9. The molecule has 0 aliphatic heterocycles. The zero-order valence-corrected chi connectivity index (χ0v) is 26.5. The Kier molecular flexibility index (Phi) is 10.6. The Bertz CT molecular complexity index is 1780. The molecule has 0 fully saturated rings. The second-order valence-electron chi connectivity index (χ2n) is 9.53. The number of hydrogen-bond donors (Lipinski definition) is 1. The van der Waals surface area contributed by atoms with Crippen molar-refractivity contribution >= 4 is 33.2 Å². The number of alkyl halides is 3. The second kappa shape index (κ2) is 14.2. The number of carbonyl (C=O) groups excluding carboxylic acids is 1. The summed E-state index contributed by atoms with van der Waals surface area (Å²) in [6.07, 6.45) is -3.14. The van der Waals surface area contributed by atoms with Crippen LogP contribution in [0.4, 0.5) is 18.9 Å². The number of carbonyl (C=O) groups is 1. The third-order valence-electron chi connectivity index (χ3n) is 6.69. The van der Waals surface area contributed by atoms with Crippen LogP contribution in [0.3, 0.4) is 0 Å². The van der Waals surface area contributed by atoms with Gasteiger partial charge in [-0.05, 0) is 24.3 Å². The van der Waals surface area contributed by atoms with Crippen molar-refractivity contribution in [1.29, 1.82) is 0 Å². The first-order chi connectivity index (χ1) is 21.8. The first-order valence-electron chi connectivity index (χ1n) is 13.2. The molecule has 0 saturated carbocycles. The highest BCUT2D eigenvalue weighted by molar-refractivity contribution is 7.89. The number of nitrogens with zero attached hydrogens (tertiary/aromatic N) is 3. The number of halogens is 4. The highest BCUT2D eigenvalue weighted by atomic mass is 35.5. The van der Waals surface area contributed by atoms with Gasteiger partial charge in [-0.2, -0.15) is 17.5 Å². The van der Waals surface area contributed by atoms with E-state index in [1.807, 2.05) is 0 Å². The highest BCUT2D eigenvalue weighted by Crippen LogP contribution is 2.33. The summed E-state index contributed by atoms with van der Waals surface area (Å²) in [5, 5.41) is 1.44. The standard InChI is InChI=1S/C30H28ClF3N4O7S/c1-42-22-7-5-18(25(13-22)44-3)16-38(17-19-6-8-23(43-2)14-26(19)45-4)46(40,41)27-12-21(9-10-35-27)37-29(39)24-11-20(30(32,33)34)15-36-28(24)31/h5-15H,16-17H2,1-4H3,(H,35,37,39). The van der Waals surface area contributed by atoms with Crippen LogP contribution >= 0.6 is 11.6 Å². The van der Waals surface area contributed by atoms with Gasteiger partial charge in [-0.15, -0.1) is 0 Å². The zero-order valence-electron chi connectivity index (χ0n) is 24.9. The average Bonchev–Trinajstić information content (AvgIpc) is 3.04. The van der Waals surface area contributed by atoms with E-state index in [0.717, 1.165) is 16.6 Å². The molecule has 0 unspecified atom stereocenters. The smallest absolute Gasteiger partial charge is 0.417 e. The summed E-state index contributed by atoms with van der Waals surface area (Å²) in [5.74, 6) is 0.672. The molecule has 16 heteroatoms. The van der Waals surface area contributed by atoms with Crippen LogP contribution in [-0.4, -0.2) is 57.0 Å².